The van der Waals surface area contributed by atoms with E-state index < -0.39 is 0 Å². The van der Waals surface area contributed by atoms with Gasteiger partial charge in [-0.05, 0) is 43.2 Å². The molecule has 0 aliphatic rings. The third kappa shape index (κ3) is 5.29. The van der Waals surface area contributed by atoms with E-state index in [0.717, 1.165) is 28.1 Å². The highest BCUT2D eigenvalue weighted by molar-refractivity contribution is 5.95. The number of hydrogen-bond donors (Lipinski definition) is 1. The Kier molecular flexibility index (Phi) is 7.28. The summed E-state index contributed by atoms with van der Waals surface area (Å²) in [6, 6.07) is 25.5. The number of nitrogens with one attached hydrogen (secondary N) is 1. The summed E-state index contributed by atoms with van der Waals surface area (Å²) in [5.74, 6) is 1.63. The Morgan fingerprint density at radius 1 is 0.941 bits per heavy atom. The van der Waals surface area contributed by atoms with Gasteiger partial charge in [-0.1, -0.05) is 65.8 Å². The summed E-state index contributed by atoms with van der Waals surface area (Å²) in [4.78, 5) is 13.0. The summed E-state index contributed by atoms with van der Waals surface area (Å²) in [6.07, 6.45) is 0. The molecule has 0 unspecified atom stereocenters. The van der Waals surface area contributed by atoms with E-state index in [0.29, 0.717) is 30.2 Å². The molecule has 0 radical (unpaired) electrons. The van der Waals surface area contributed by atoms with Gasteiger partial charge in [0.15, 0.2) is 11.5 Å². The average Bonchev–Trinajstić information content (AvgIpc) is 3.20. The first-order valence-corrected chi connectivity index (χ1v) is 11.2. The highest BCUT2D eigenvalue weighted by Crippen LogP contribution is 2.30. The van der Waals surface area contributed by atoms with Gasteiger partial charge >= 0.3 is 0 Å². The molecule has 174 valence electrons. The molecule has 0 bridgehead atoms. The van der Waals surface area contributed by atoms with Crippen molar-refractivity contribution in [2.75, 3.05) is 13.7 Å². The number of hydrogen-bond acceptors (Lipinski definition) is 5. The molecule has 1 heterocycles. The van der Waals surface area contributed by atoms with Crippen LogP contribution in [0.4, 0.5) is 0 Å². The van der Waals surface area contributed by atoms with Crippen LogP contribution in [0.1, 0.15) is 44.4 Å². The van der Waals surface area contributed by atoms with E-state index in [1.54, 1.807) is 25.3 Å². The minimum absolute atomic E-state index is 0.0471. The fourth-order valence-corrected chi connectivity index (χ4v) is 3.88. The average molecular weight is 457 g/mol. The minimum atomic E-state index is -0.174. The number of carbonyl (C=O) groups excluding carboxylic acids is 1. The standard InChI is InChI=1S/C28H28N2O4/c1-19-25(20(2)34-30-19)18-33-26-15-14-23(16-27(26)32-3)28(31)29-17-24(21-10-6-4-7-11-21)22-12-8-5-9-13-22/h4-16,24H,17-18H2,1-3H3,(H,29,31). The molecule has 0 fully saturated rings. The van der Waals surface area contributed by atoms with Gasteiger partial charge in [-0.25, -0.2) is 0 Å². The van der Waals surface area contributed by atoms with Crippen LogP contribution in [0.5, 0.6) is 11.5 Å². The predicted molar refractivity (Wildman–Crippen MR) is 130 cm³/mol. The number of methoxy groups -OCH3 is 1. The van der Waals surface area contributed by atoms with Crippen LogP contribution >= 0.6 is 0 Å². The molecule has 6 nitrogen and oxygen atoms in total. The van der Waals surface area contributed by atoms with Crippen LogP contribution in [-0.4, -0.2) is 24.7 Å². The van der Waals surface area contributed by atoms with Crippen LogP contribution in [0.15, 0.2) is 83.4 Å². The SMILES string of the molecule is COc1cc(C(=O)NCC(c2ccccc2)c2ccccc2)ccc1OCc1c(C)noc1C. The second kappa shape index (κ2) is 10.7. The van der Waals surface area contributed by atoms with Crippen LogP contribution in [0.3, 0.4) is 0 Å². The summed E-state index contributed by atoms with van der Waals surface area (Å²) in [5.41, 5.74) is 4.49. The van der Waals surface area contributed by atoms with E-state index in [9.17, 15) is 4.79 Å². The number of aryl methyl sites for hydroxylation is 2. The number of ether oxygens (including phenoxy) is 2. The highest BCUT2D eigenvalue weighted by atomic mass is 16.5. The van der Waals surface area contributed by atoms with Gasteiger partial charge in [-0.2, -0.15) is 0 Å². The Morgan fingerprint density at radius 2 is 1.59 bits per heavy atom. The zero-order valence-corrected chi connectivity index (χ0v) is 19.6. The summed E-state index contributed by atoms with van der Waals surface area (Å²) < 4.78 is 16.6. The molecule has 4 rings (SSSR count). The van der Waals surface area contributed by atoms with Gasteiger partial charge in [-0.15, -0.1) is 0 Å². The Balaban J connectivity index is 1.47. The Bertz CT molecular complexity index is 1180. The molecule has 4 aromatic rings. The lowest BCUT2D eigenvalue weighted by atomic mass is 9.91. The second-order valence-corrected chi connectivity index (χ2v) is 8.04. The van der Waals surface area contributed by atoms with Crippen LogP contribution in [0.25, 0.3) is 0 Å². The van der Waals surface area contributed by atoms with Crippen molar-refractivity contribution < 1.29 is 18.8 Å². The van der Waals surface area contributed by atoms with Crippen LogP contribution < -0.4 is 14.8 Å². The molecule has 0 spiro atoms. The normalized spacial score (nSPS) is 10.8. The van der Waals surface area contributed by atoms with Crippen LogP contribution in [0.2, 0.25) is 0 Å². The predicted octanol–water partition coefficient (Wildman–Crippen LogP) is 5.44. The number of rotatable bonds is 9. The van der Waals surface area contributed by atoms with Gasteiger partial charge in [0.2, 0.25) is 0 Å². The monoisotopic (exact) mass is 456 g/mol. The molecule has 3 aromatic carbocycles. The van der Waals surface area contributed by atoms with Crippen molar-refractivity contribution in [1.29, 1.82) is 0 Å². The zero-order valence-electron chi connectivity index (χ0n) is 19.6. The molecule has 0 atom stereocenters. The maximum Gasteiger partial charge on any atom is 0.251 e. The molecule has 34 heavy (non-hydrogen) atoms. The Labute approximate surface area is 199 Å². The van der Waals surface area contributed by atoms with E-state index >= 15 is 0 Å². The maximum atomic E-state index is 13.0. The molecular weight excluding hydrogens is 428 g/mol. The highest BCUT2D eigenvalue weighted by Gasteiger charge is 2.17. The summed E-state index contributed by atoms with van der Waals surface area (Å²) in [6.45, 7) is 4.50. The van der Waals surface area contributed by atoms with Gasteiger partial charge < -0.3 is 19.3 Å². The lowest BCUT2D eigenvalue weighted by Gasteiger charge is -2.19. The smallest absolute Gasteiger partial charge is 0.251 e. The Hall–Kier alpha value is -4.06. The lowest BCUT2D eigenvalue weighted by Crippen LogP contribution is -2.29. The van der Waals surface area contributed by atoms with Gasteiger partial charge in [0, 0.05) is 18.0 Å². The quantitative estimate of drug-likeness (QED) is 0.363. The topological polar surface area (TPSA) is 73.6 Å². The van der Waals surface area contributed by atoms with Crippen LogP contribution in [0, 0.1) is 13.8 Å². The van der Waals surface area contributed by atoms with E-state index in [1.807, 2.05) is 50.2 Å². The van der Waals surface area contributed by atoms with E-state index in [1.165, 1.54) is 0 Å². The van der Waals surface area contributed by atoms with Crippen molar-refractivity contribution >= 4 is 5.91 Å². The first-order valence-electron chi connectivity index (χ1n) is 11.2. The summed E-state index contributed by atoms with van der Waals surface area (Å²) >= 11 is 0. The number of amides is 1. The van der Waals surface area contributed by atoms with Gasteiger partial charge in [0.25, 0.3) is 5.91 Å². The van der Waals surface area contributed by atoms with Crippen molar-refractivity contribution in [1.82, 2.24) is 10.5 Å². The van der Waals surface area contributed by atoms with Crippen molar-refractivity contribution in [3.63, 3.8) is 0 Å². The van der Waals surface area contributed by atoms with Crippen molar-refractivity contribution in [3.05, 3.63) is 113 Å². The number of benzene rings is 3. The largest absolute Gasteiger partial charge is 0.493 e. The molecule has 1 N–H and O–H groups in total. The first kappa shape index (κ1) is 23.1. The summed E-state index contributed by atoms with van der Waals surface area (Å²) in [5, 5.41) is 7.03. The molecule has 0 saturated carbocycles. The van der Waals surface area contributed by atoms with E-state index in [4.69, 9.17) is 14.0 Å². The van der Waals surface area contributed by atoms with E-state index in [2.05, 4.69) is 34.7 Å². The van der Waals surface area contributed by atoms with Gasteiger partial charge in [0.1, 0.15) is 12.4 Å². The van der Waals surface area contributed by atoms with Crippen molar-refractivity contribution in [2.45, 2.75) is 26.4 Å². The number of nitrogens with zero attached hydrogens (tertiary/aromatic N) is 1. The third-order valence-electron chi connectivity index (χ3n) is 5.85. The first-order chi connectivity index (χ1) is 16.6. The lowest BCUT2D eigenvalue weighted by molar-refractivity contribution is 0.0952. The Morgan fingerprint density at radius 3 is 2.15 bits per heavy atom. The van der Waals surface area contributed by atoms with Gasteiger partial charge in [-0.3, -0.25) is 4.79 Å². The molecule has 1 amide bonds. The molecule has 0 aliphatic heterocycles. The van der Waals surface area contributed by atoms with E-state index in [-0.39, 0.29) is 11.8 Å². The van der Waals surface area contributed by atoms with Crippen molar-refractivity contribution in [2.24, 2.45) is 0 Å². The maximum absolute atomic E-state index is 13.0. The summed E-state index contributed by atoms with van der Waals surface area (Å²) in [7, 11) is 1.56. The van der Waals surface area contributed by atoms with Crippen LogP contribution in [-0.2, 0) is 6.61 Å². The third-order valence-corrected chi connectivity index (χ3v) is 5.85. The van der Waals surface area contributed by atoms with Gasteiger partial charge in [0.05, 0.1) is 18.4 Å². The second-order valence-electron chi connectivity index (χ2n) is 8.04. The number of carbonyl (C=O) groups is 1. The molecule has 1 aromatic heterocycles. The molecular formula is C28H28N2O4. The molecule has 0 aliphatic carbocycles. The number of aromatic nitrogens is 1. The minimum Gasteiger partial charge on any atom is -0.493 e. The fourth-order valence-electron chi connectivity index (χ4n) is 3.88. The fraction of sp³-hybridized carbons (Fsp3) is 0.214. The molecule has 6 heteroatoms. The molecule has 0 saturated heterocycles. The van der Waals surface area contributed by atoms with Crippen molar-refractivity contribution in [3.8, 4) is 11.5 Å². The zero-order chi connectivity index (χ0) is 23.9.